The first-order valence-corrected chi connectivity index (χ1v) is 10.5. The molecule has 0 saturated heterocycles. The molecule has 4 atom stereocenters. The minimum absolute atomic E-state index is 0.116. The van der Waals surface area contributed by atoms with Crippen LogP contribution in [0.5, 0.6) is 0 Å². The third-order valence-electron chi connectivity index (χ3n) is 4.48. The van der Waals surface area contributed by atoms with Gasteiger partial charge in [-0.3, -0.25) is 4.79 Å². The monoisotopic (exact) mass is 451 g/mol. The lowest BCUT2D eigenvalue weighted by molar-refractivity contribution is -0.146. The third-order valence-corrected chi connectivity index (χ3v) is 7.44. The summed E-state index contributed by atoms with van der Waals surface area (Å²) in [6.45, 7) is 11.2. The van der Waals surface area contributed by atoms with Crippen LogP contribution in [0.1, 0.15) is 53.5 Å². The zero-order chi connectivity index (χ0) is 19.6. The maximum atomic E-state index is 12.8. The number of carboxylic acids is 1. The summed E-state index contributed by atoms with van der Waals surface area (Å²) >= 11 is 9.60. The molecule has 25 heavy (non-hydrogen) atoms. The average Bonchev–Trinajstić information content (AvgIpc) is 2.48. The molecular weight excluding hydrogens is 426 g/mol. The summed E-state index contributed by atoms with van der Waals surface area (Å²) in [4.78, 5) is 12.1. The second-order valence-electron chi connectivity index (χ2n) is 7.52. The third kappa shape index (κ3) is 5.28. The number of benzene rings is 1. The van der Waals surface area contributed by atoms with Crippen LogP contribution in [-0.2, 0) is 21.3 Å². The maximum absolute atomic E-state index is 12.8. The Balaban J connectivity index is 3.55. The van der Waals surface area contributed by atoms with Crippen LogP contribution < -0.4 is 4.72 Å². The summed E-state index contributed by atoms with van der Waals surface area (Å²) < 4.78 is 16.1. The van der Waals surface area contributed by atoms with Gasteiger partial charge < -0.3 is 5.11 Å². The lowest BCUT2D eigenvalue weighted by Gasteiger charge is -2.40. The van der Waals surface area contributed by atoms with E-state index in [1.54, 1.807) is 19.1 Å². The molecule has 1 aromatic rings. The molecule has 1 aromatic carbocycles. The minimum Gasteiger partial charge on any atom is -0.481 e. The summed E-state index contributed by atoms with van der Waals surface area (Å²) in [6, 6.07) is 5.34. The largest absolute Gasteiger partial charge is 0.481 e. The molecule has 0 bridgehead atoms. The first kappa shape index (κ1) is 22.6. The van der Waals surface area contributed by atoms with Gasteiger partial charge in [0, 0.05) is 4.47 Å². The Morgan fingerprint density at radius 3 is 2.32 bits per heavy atom. The fourth-order valence-corrected chi connectivity index (χ4v) is 4.13. The molecule has 7 heteroatoms. The Kier molecular flexibility index (Phi) is 7.69. The van der Waals surface area contributed by atoms with Crippen LogP contribution in [0.2, 0.25) is 5.02 Å². The van der Waals surface area contributed by atoms with Crippen LogP contribution >= 0.6 is 27.5 Å². The Labute approximate surface area is 166 Å². The Morgan fingerprint density at radius 1 is 1.36 bits per heavy atom. The van der Waals surface area contributed by atoms with Crippen molar-refractivity contribution in [2.24, 2.45) is 11.8 Å². The number of aliphatic carboxylic acids is 1. The van der Waals surface area contributed by atoms with Crippen LogP contribution in [0, 0.1) is 11.8 Å². The molecule has 0 saturated carbocycles. The van der Waals surface area contributed by atoms with Crippen LogP contribution in [0.25, 0.3) is 0 Å². The van der Waals surface area contributed by atoms with E-state index in [1.807, 2.05) is 40.7 Å². The Bertz CT molecular complexity index is 662. The van der Waals surface area contributed by atoms with Gasteiger partial charge in [0.1, 0.15) is 0 Å². The summed E-state index contributed by atoms with van der Waals surface area (Å²) in [7, 11) is -1.44. The number of rotatable bonds is 7. The lowest BCUT2D eigenvalue weighted by atomic mass is 9.73. The van der Waals surface area contributed by atoms with Crippen LogP contribution in [-0.4, -0.2) is 20.0 Å². The summed E-state index contributed by atoms with van der Waals surface area (Å²) in [5.74, 6) is -1.80. The van der Waals surface area contributed by atoms with E-state index in [-0.39, 0.29) is 5.92 Å². The molecule has 2 N–H and O–H groups in total. The van der Waals surface area contributed by atoms with E-state index >= 15 is 0 Å². The zero-order valence-electron chi connectivity index (χ0n) is 15.5. The van der Waals surface area contributed by atoms with Crippen molar-refractivity contribution in [2.45, 2.75) is 58.2 Å². The molecule has 1 rings (SSSR count). The summed E-state index contributed by atoms with van der Waals surface area (Å²) in [6.07, 6.45) is 0.695. The van der Waals surface area contributed by atoms with Gasteiger partial charge in [0.15, 0.2) is 0 Å². The van der Waals surface area contributed by atoms with Crippen LogP contribution in [0.3, 0.4) is 0 Å². The molecule has 142 valence electrons. The molecule has 4 nitrogen and oxygen atoms in total. The molecule has 0 heterocycles. The van der Waals surface area contributed by atoms with Crippen molar-refractivity contribution in [3.63, 3.8) is 0 Å². The van der Waals surface area contributed by atoms with E-state index in [1.165, 1.54) is 0 Å². The van der Waals surface area contributed by atoms with Crippen molar-refractivity contribution in [2.75, 3.05) is 0 Å². The van der Waals surface area contributed by atoms with Gasteiger partial charge in [-0.15, -0.1) is 0 Å². The molecule has 1 unspecified atom stereocenters. The summed E-state index contributed by atoms with van der Waals surface area (Å²) in [5, 5.41) is 10.4. The molecule has 0 aliphatic rings. The number of nitrogens with one attached hydrogen (secondary N) is 1. The second kappa shape index (κ2) is 8.51. The highest BCUT2D eigenvalue weighted by atomic mass is 79.9. The fourth-order valence-electron chi connectivity index (χ4n) is 2.76. The minimum atomic E-state index is -1.44. The van der Waals surface area contributed by atoms with Gasteiger partial charge in [0.05, 0.1) is 32.2 Å². The molecule has 0 amide bonds. The predicted octanol–water partition coefficient (Wildman–Crippen LogP) is 5.12. The maximum Gasteiger partial charge on any atom is 0.309 e. The van der Waals surface area contributed by atoms with Gasteiger partial charge in [-0.25, -0.2) is 8.93 Å². The van der Waals surface area contributed by atoms with Crippen molar-refractivity contribution in [1.29, 1.82) is 0 Å². The second-order valence-corrected chi connectivity index (χ2v) is 10.7. The molecule has 0 aliphatic heterocycles. The number of hydrogen-bond donors (Lipinski definition) is 2. The summed E-state index contributed by atoms with van der Waals surface area (Å²) in [5.41, 5.74) is -0.338. The first-order chi connectivity index (χ1) is 11.3. The van der Waals surface area contributed by atoms with E-state index in [4.69, 9.17) is 11.6 Å². The average molecular weight is 453 g/mol. The number of carboxylic acid groups (broad SMARTS) is 1. The van der Waals surface area contributed by atoms with E-state index < -0.39 is 33.2 Å². The normalized spacial score (nSPS) is 18.2. The molecule has 0 radical (unpaired) electrons. The van der Waals surface area contributed by atoms with Gasteiger partial charge in [-0.1, -0.05) is 37.9 Å². The molecule has 0 aromatic heterocycles. The highest BCUT2D eigenvalue weighted by Crippen LogP contribution is 2.39. The van der Waals surface area contributed by atoms with E-state index in [0.29, 0.717) is 17.0 Å². The highest BCUT2D eigenvalue weighted by Gasteiger charge is 2.45. The van der Waals surface area contributed by atoms with E-state index in [9.17, 15) is 14.1 Å². The quantitative estimate of drug-likeness (QED) is 0.603. The highest BCUT2D eigenvalue weighted by molar-refractivity contribution is 9.10. The van der Waals surface area contributed by atoms with Crippen molar-refractivity contribution < 1.29 is 14.1 Å². The molecule has 0 spiro atoms. The number of halogens is 2. The van der Waals surface area contributed by atoms with Crippen molar-refractivity contribution in [3.8, 4) is 0 Å². The molecular formula is C18H27BrClNO3S. The topological polar surface area (TPSA) is 66.4 Å². The Hall–Kier alpha value is -0.430. The van der Waals surface area contributed by atoms with E-state index in [0.717, 1.165) is 4.47 Å². The predicted molar refractivity (Wildman–Crippen MR) is 108 cm³/mol. The fraction of sp³-hybridized carbons (Fsp3) is 0.611. The number of hydrogen-bond acceptors (Lipinski definition) is 2. The van der Waals surface area contributed by atoms with Gasteiger partial charge >= 0.3 is 5.97 Å². The molecule has 0 aliphatic carbocycles. The van der Waals surface area contributed by atoms with Crippen molar-refractivity contribution in [3.05, 3.63) is 33.3 Å². The van der Waals surface area contributed by atoms with Gasteiger partial charge in [-0.05, 0) is 67.2 Å². The first-order valence-electron chi connectivity index (χ1n) is 8.22. The SMILES string of the molecule is CCC(C)[C@H](C(=O)O)[C@@](C)(N[S@@](=O)C(C)(C)C)c1ccc(Br)c(Cl)c1. The zero-order valence-corrected chi connectivity index (χ0v) is 18.7. The van der Waals surface area contributed by atoms with Gasteiger partial charge in [0.25, 0.3) is 0 Å². The van der Waals surface area contributed by atoms with E-state index in [2.05, 4.69) is 20.7 Å². The van der Waals surface area contributed by atoms with Crippen LogP contribution in [0.15, 0.2) is 22.7 Å². The van der Waals surface area contributed by atoms with Gasteiger partial charge in [0.2, 0.25) is 0 Å². The Morgan fingerprint density at radius 2 is 1.92 bits per heavy atom. The lowest BCUT2D eigenvalue weighted by Crippen LogP contribution is -2.54. The van der Waals surface area contributed by atoms with Crippen LogP contribution in [0.4, 0.5) is 0 Å². The van der Waals surface area contributed by atoms with Crippen molar-refractivity contribution >= 4 is 44.5 Å². The smallest absolute Gasteiger partial charge is 0.309 e. The van der Waals surface area contributed by atoms with Crippen molar-refractivity contribution in [1.82, 2.24) is 4.72 Å². The number of carbonyl (C=O) groups is 1. The molecule has 0 fully saturated rings. The van der Waals surface area contributed by atoms with Gasteiger partial charge in [-0.2, -0.15) is 0 Å². The standard InChI is InChI=1S/C18H27BrClNO3S/c1-7-11(2)15(16(22)23)18(6,21-25(24)17(3,4)5)12-8-9-13(19)14(20)10-12/h8-11,15,21H,7H2,1-6H3,(H,22,23)/t11?,15-,18+,25+/m1/s1.